The Morgan fingerprint density at radius 2 is 2.05 bits per heavy atom. The number of hydrogen-bond acceptors (Lipinski definition) is 3. The van der Waals surface area contributed by atoms with Crippen LogP contribution in [0, 0.1) is 13.8 Å². The first kappa shape index (κ1) is 15.5. The van der Waals surface area contributed by atoms with Gasteiger partial charge in [-0.3, -0.25) is 0 Å². The zero-order chi connectivity index (χ0) is 15.6. The molecule has 2 N–H and O–H groups in total. The number of carbonyl (C=O) groups is 1. The zero-order valence-corrected chi connectivity index (χ0v) is 13.6. The molecule has 0 saturated heterocycles. The van der Waals surface area contributed by atoms with Crippen LogP contribution in [0.4, 0.5) is 0 Å². The van der Waals surface area contributed by atoms with Crippen LogP contribution in [0.25, 0.3) is 0 Å². The van der Waals surface area contributed by atoms with E-state index >= 15 is 0 Å². The summed E-state index contributed by atoms with van der Waals surface area (Å²) in [5.41, 5.74) is 4.61. The summed E-state index contributed by atoms with van der Waals surface area (Å²) in [5.74, 6) is -0.316. The Bertz CT molecular complexity index is 623. The molecule has 112 valence electrons. The molecule has 4 nitrogen and oxygen atoms in total. The summed E-state index contributed by atoms with van der Waals surface area (Å²) in [6, 6.07) is 5.90. The summed E-state index contributed by atoms with van der Waals surface area (Å²) in [7, 11) is 0. The first-order valence-corrected chi connectivity index (χ1v) is 7.37. The van der Waals surface area contributed by atoms with Gasteiger partial charge in [-0.15, -0.1) is 0 Å². The second-order valence-corrected chi connectivity index (χ2v) is 5.56. The third-order valence-electron chi connectivity index (χ3n) is 3.51. The van der Waals surface area contributed by atoms with Crippen LogP contribution in [0.2, 0.25) is 0 Å². The lowest BCUT2D eigenvalue weighted by molar-refractivity contribution is -0.139. The predicted molar refractivity (Wildman–Crippen MR) is 86.9 cm³/mol. The summed E-state index contributed by atoms with van der Waals surface area (Å²) in [4.78, 5) is 12.3. The number of rotatable bonds is 3. The highest BCUT2D eigenvalue weighted by atomic mass is 32.1. The maximum absolute atomic E-state index is 12.3. The van der Waals surface area contributed by atoms with E-state index in [1.807, 2.05) is 20.8 Å². The number of hydrogen-bond donors (Lipinski definition) is 2. The molecule has 1 aromatic rings. The van der Waals surface area contributed by atoms with Gasteiger partial charge in [0, 0.05) is 5.70 Å². The van der Waals surface area contributed by atoms with E-state index in [4.69, 9.17) is 17.0 Å². The van der Waals surface area contributed by atoms with E-state index in [0.717, 1.165) is 22.4 Å². The average molecular weight is 304 g/mol. The van der Waals surface area contributed by atoms with Crippen molar-refractivity contribution in [1.82, 2.24) is 10.6 Å². The fraction of sp³-hybridized carbons (Fsp3) is 0.375. The molecule has 1 aliphatic rings. The summed E-state index contributed by atoms with van der Waals surface area (Å²) < 4.78 is 5.19. The second kappa shape index (κ2) is 6.26. The smallest absolute Gasteiger partial charge is 0.338 e. The average Bonchev–Trinajstić information content (AvgIpc) is 2.40. The maximum atomic E-state index is 12.3. The van der Waals surface area contributed by atoms with Crippen LogP contribution in [-0.4, -0.2) is 17.7 Å². The number of benzene rings is 1. The molecular formula is C16H20N2O2S. The van der Waals surface area contributed by atoms with Crippen molar-refractivity contribution in [1.29, 1.82) is 0 Å². The van der Waals surface area contributed by atoms with Crippen LogP contribution in [-0.2, 0) is 9.53 Å². The fourth-order valence-electron chi connectivity index (χ4n) is 2.48. The standard InChI is InChI=1S/C16H20N2O2S/c1-5-20-15(19)13-11(4)17-16(21)18-14(13)12-8-9(2)6-7-10(12)3/h6-8,14H,5H2,1-4H3,(H2,17,18,21)/t14-/m0/s1. The van der Waals surface area contributed by atoms with E-state index in [-0.39, 0.29) is 12.0 Å². The van der Waals surface area contributed by atoms with Crippen LogP contribution in [0.3, 0.4) is 0 Å². The van der Waals surface area contributed by atoms with Gasteiger partial charge >= 0.3 is 5.97 Å². The Hall–Kier alpha value is -1.88. The van der Waals surface area contributed by atoms with Crippen molar-refractivity contribution in [3.8, 4) is 0 Å². The van der Waals surface area contributed by atoms with E-state index in [9.17, 15) is 4.79 Å². The molecule has 0 saturated carbocycles. The third kappa shape index (κ3) is 3.24. The van der Waals surface area contributed by atoms with Crippen molar-refractivity contribution in [3.05, 3.63) is 46.2 Å². The van der Waals surface area contributed by atoms with Gasteiger partial charge in [0.1, 0.15) is 0 Å². The van der Waals surface area contributed by atoms with Crippen LogP contribution in [0.15, 0.2) is 29.5 Å². The monoisotopic (exact) mass is 304 g/mol. The zero-order valence-electron chi connectivity index (χ0n) is 12.7. The summed E-state index contributed by atoms with van der Waals surface area (Å²) in [6.07, 6.45) is 0. The number of thiocarbonyl (C=S) groups is 1. The van der Waals surface area contributed by atoms with Crippen LogP contribution < -0.4 is 10.6 Å². The maximum Gasteiger partial charge on any atom is 0.338 e. The van der Waals surface area contributed by atoms with E-state index in [0.29, 0.717) is 17.3 Å². The van der Waals surface area contributed by atoms with Crippen molar-refractivity contribution in [2.75, 3.05) is 6.61 Å². The molecule has 0 radical (unpaired) electrons. The van der Waals surface area contributed by atoms with Gasteiger partial charge in [-0.1, -0.05) is 23.8 Å². The molecule has 0 aromatic heterocycles. The van der Waals surface area contributed by atoms with Gasteiger partial charge in [0.25, 0.3) is 0 Å². The Balaban J connectivity index is 2.52. The molecule has 0 spiro atoms. The van der Waals surface area contributed by atoms with Crippen molar-refractivity contribution in [2.24, 2.45) is 0 Å². The summed E-state index contributed by atoms with van der Waals surface area (Å²) in [6.45, 7) is 8.05. The number of allylic oxidation sites excluding steroid dienone is 1. The molecule has 1 atom stereocenters. The van der Waals surface area contributed by atoms with E-state index in [2.05, 4.69) is 28.8 Å². The van der Waals surface area contributed by atoms with Crippen LogP contribution in [0.1, 0.15) is 36.6 Å². The van der Waals surface area contributed by atoms with Gasteiger partial charge in [-0.25, -0.2) is 4.79 Å². The van der Waals surface area contributed by atoms with Crippen molar-refractivity contribution < 1.29 is 9.53 Å². The van der Waals surface area contributed by atoms with E-state index in [1.54, 1.807) is 6.92 Å². The quantitative estimate of drug-likeness (QED) is 0.664. The van der Waals surface area contributed by atoms with E-state index < -0.39 is 0 Å². The minimum Gasteiger partial charge on any atom is -0.463 e. The minimum atomic E-state index is -0.316. The topological polar surface area (TPSA) is 50.4 Å². The molecule has 0 aliphatic carbocycles. The summed E-state index contributed by atoms with van der Waals surface area (Å²) in [5, 5.41) is 6.70. The van der Waals surface area contributed by atoms with Gasteiger partial charge < -0.3 is 15.4 Å². The van der Waals surface area contributed by atoms with E-state index in [1.165, 1.54) is 0 Å². The third-order valence-corrected chi connectivity index (χ3v) is 3.73. The second-order valence-electron chi connectivity index (χ2n) is 5.15. The highest BCUT2D eigenvalue weighted by Crippen LogP contribution is 2.30. The molecule has 0 bridgehead atoms. The molecule has 1 aromatic carbocycles. The van der Waals surface area contributed by atoms with Crippen LogP contribution in [0.5, 0.6) is 0 Å². The van der Waals surface area contributed by atoms with Crippen molar-refractivity contribution in [2.45, 2.75) is 33.7 Å². The molecule has 2 rings (SSSR count). The van der Waals surface area contributed by atoms with Gasteiger partial charge in [0.15, 0.2) is 5.11 Å². The highest BCUT2D eigenvalue weighted by molar-refractivity contribution is 7.80. The first-order chi connectivity index (χ1) is 9.93. The lowest BCUT2D eigenvalue weighted by Gasteiger charge is -2.30. The molecule has 5 heteroatoms. The number of esters is 1. The molecule has 0 amide bonds. The number of nitrogens with one attached hydrogen (secondary N) is 2. The molecule has 0 unspecified atom stereocenters. The summed E-state index contributed by atoms with van der Waals surface area (Å²) >= 11 is 5.23. The van der Waals surface area contributed by atoms with Crippen molar-refractivity contribution >= 4 is 23.3 Å². The van der Waals surface area contributed by atoms with Gasteiger partial charge in [-0.2, -0.15) is 0 Å². The molecule has 1 aliphatic heterocycles. The SMILES string of the molecule is CCOC(=O)C1=C(C)NC(=S)N[C@H]1c1cc(C)ccc1C. The molecular weight excluding hydrogens is 284 g/mol. The lowest BCUT2D eigenvalue weighted by Crippen LogP contribution is -2.45. The highest BCUT2D eigenvalue weighted by Gasteiger charge is 2.31. The van der Waals surface area contributed by atoms with Crippen molar-refractivity contribution in [3.63, 3.8) is 0 Å². The van der Waals surface area contributed by atoms with Gasteiger partial charge in [0.2, 0.25) is 0 Å². The first-order valence-electron chi connectivity index (χ1n) is 6.96. The molecule has 0 fully saturated rings. The number of carbonyl (C=O) groups excluding carboxylic acids is 1. The minimum absolute atomic E-state index is 0.280. The predicted octanol–water partition coefficient (Wildman–Crippen LogP) is 2.66. The Morgan fingerprint density at radius 1 is 1.33 bits per heavy atom. The normalized spacial score (nSPS) is 18.1. The Morgan fingerprint density at radius 3 is 2.71 bits per heavy atom. The van der Waals surface area contributed by atoms with Gasteiger partial charge in [-0.05, 0) is 51.0 Å². The number of ether oxygens (including phenoxy) is 1. The lowest BCUT2D eigenvalue weighted by atomic mass is 9.91. The fourth-order valence-corrected chi connectivity index (χ4v) is 2.75. The Kier molecular flexibility index (Phi) is 4.63. The number of aryl methyl sites for hydroxylation is 2. The molecule has 1 heterocycles. The van der Waals surface area contributed by atoms with Crippen LogP contribution >= 0.6 is 12.2 Å². The largest absolute Gasteiger partial charge is 0.463 e. The molecule has 21 heavy (non-hydrogen) atoms. The Labute approximate surface area is 130 Å². The van der Waals surface area contributed by atoms with Gasteiger partial charge in [0.05, 0.1) is 18.2 Å².